The van der Waals surface area contributed by atoms with Crippen molar-refractivity contribution >= 4 is 34.7 Å². The van der Waals surface area contributed by atoms with Gasteiger partial charge < -0.3 is 5.11 Å². The summed E-state index contributed by atoms with van der Waals surface area (Å²) in [6.45, 7) is 0. The number of hydrogen-bond acceptors (Lipinski definition) is 4. The molecule has 0 fully saturated rings. The van der Waals surface area contributed by atoms with E-state index >= 15 is 0 Å². The van der Waals surface area contributed by atoms with E-state index in [4.69, 9.17) is 5.11 Å². The number of benzene rings is 1. The summed E-state index contributed by atoms with van der Waals surface area (Å²) in [6, 6.07) is 7.29. The number of rotatable bonds is 1. The number of carbonyl (C=O) groups excluding carboxylic acids is 1. The third kappa shape index (κ3) is 1.52. The first kappa shape index (κ1) is 10.3. The molecule has 1 aliphatic rings. The number of fused-ring (bicyclic) bond motifs is 3. The van der Waals surface area contributed by atoms with Gasteiger partial charge in [-0.15, -0.1) is 0 Å². The van der Waals surface area contributed by atoms with Gasteiger partial charge >= 0.3 is 5.97 Å². The summed E-state index contributed by atoms with van der Waals surface area (Å²) in [5.74, 6) is -1.18. The van der Waals surface area contributed by atoms with Crippen molar-refractivity contribution in [3.63, 3.8) is 0 Å². The van der Waals surface area contributed by atoms with Crippen LogP contribution in [0.15, 0.2) is 29.4 Å². The molecule has 1 aromatic carbocycles. The molecule has 0 saturated heterocycles. The van der Waals surface area contributed by atoms with E-state index in [9.17, 15) is 9.59 Å². The summed E-state index contributed by atoms with van der Waals surface area (Å²) in [4.78, 5) is 27.1. The zero-order chi connectivity index (χ0) is 12.0. The van der Waals surface area contributed by atoms with Crippen LogP contribution in [0.4, 0.5) is 0 Å². The summed E-state index contributed by atoms with van der Waals surface area (Å²) < 4.78 is 1.50. The summed E-state index contributed by atoms with van der Waals surface area (Å²) in [7, 11) is 0. The Morgan fingerprint density at radius 1 is 1.47 bits per heavy atom. The van der Waals surface area contributed by atoms with Crippen molar-refractivity contribution in [2.75, 3.05) is 0 Å². The van der Waals surface area contributed by atoms with E-state index in [-0.39, 0.29) is 12.3 Å². The van der Waals surface area contributed by atoms with Crippen molar-refractivity contribution in [2.24, 2.45) is 0 Å². The fraction of sp³-hybridized carbons (Fsp3) is 0.182. The van der Waals surface area contributed by atoms with E-state index in [1.54, 1.807) is 0 Å². The van der Waals surface area contributed by atoms with Gasteiger partial charge in [-0.05, 0) is 12.1 Å². The van der Waals surface area contributed by atoms with Crippen LogP contribution < -0.4 is 0 Å². The highest BCUT2D eigenvalue weighted by atomic mass is 32.2. The first-order valence-electron chi connectivity index (χ1n) is 5.07. The smallest absolute Gasteiger partial charge is 0.317 e. The Morgan fingerprint density at radius 2 is 2.24 bits per heavy atom. The molecule has 0 radical (unpaired) electrons. The molecule has 1 N–H and O–H groups in total. The highest BCUT2D eigenvalue weighted by molar-refractivity contribution is 8.00. The standard InChI is InChI=1S/C11H8N2O3S/c14-9-5-8(10(15)16)17-11-12-6-3-1-2-4-7(6)13(9)11/h1-4,8H,5H2,(H,15,16)/t8-/m1/s1. The normalized spacial score (nSPS) is 19.3. The number of carboxylic acids is 1. The summed E-state index contributed by atoms with van der Waals surface area (Å²) in [5.41, 5.74) is 1.46. The number of thioether (sulfide) groups is 1. The van der Waals surface area contributed by atoms with Crippen LogP contribution in [0.25, 0.3) is 11.0 Å². The van der Waals surface area contributed by atoms with Gasteiger partial charge in [0.05, 0.1) is 17.5 Å². The molecule has 1 atom stereocenters. The molecule has 86 valence electrons. The Hall–Kier alpha value is -1.82. The van der Waals surface area contributed by atoms with Crippen molar-refractivity contribution in [1.29, 1.82) is 0 Å². The van der Waals surface area contributed by atoms with E-state index in [0.29, 0.717) is 5.16 Å². The maximum absolute atomic E-state index is 11.9. The lowest BCUT2D eigenvalue weighted by atomic mass is 10.2. The lowest BCUT2D eigenvalue weighted by Crippen LogP contribution is -2.28. The molecule has 3 rings (SSSR count). The van der Waals surface area contributed by atoms with Crippen LogP contribution in [0, 0.1) is 0 Å². The van der Waals surface area contributed by atoms with Crippen molar-refractivity contribution in [2.45, 2.75) is 16.8 Å². The van der Waals surface area contributed by atoms with E-state index in [2.05, 4.69) is 4.98 Å². The summed E-state index contributed by atoms with van der Waals surface area (Å²) >= 11 is 1.13. The molecular weight excluding hydrogens is 240 g/mol. The molecule has 0 aliphatic carbocycles. The highest BCUT2D eigenvalue weighted by Crippen LogP contribution is 2.33. The second-order valence-electron chi connectivity index (χ2n) is 3.76. The van der Waals surface area contributed by atoms with Gasteiger partial charge in [0.15, 0.2) is 5.16 Å². The molecule has 0 spiro atoms. The average Bonchev–Trinajstić information content (AvgIpc) is 2.67. The predicted molar refractivity (Wildman–Crippen MR) is 62.3 cm³/mol. The predicted octanol–water partition coefficient (Wildman–Crippen LogP) is 1.63. The minimum atomic E-state index is -0.971. The van der Waals surface area contributed by atoms with Crippen LogP contribution in [-0.2, 0) is 4.79 Å². The fourth-order valence-electron chi connectivity index (χ4n) is 1.88. The van der Waals surface area contributed by atoms with Crippen molar-refractivity contribution in [3.05, 3.63) is 24.3 Å². The molecule has 1 aromatic heterocycles. The highest BCUT2D eigenvalue weighted by Gasteiger charge is 2.32. The average molecular weight is 248 g/mol. The van der Waals surface area contributed by atoms with Gasteiger partial charge in [0.1, 0.15) is 5.25 Å². The number of carboxylic acid groups (broad SMARTS) is 1. The lowest BCUT2D eigenvalue weighted by Gasteiger charge is -2.18. The van der Waals surface area contributed by atoms with Gasteiger partial charge in [0.2, 0.25) is 5.91 Å². The number of aromatic nitrogens is 2. The van der Waals surface area contributed by atoms with Crippen LogP contribution in [-0.4, -0.2) is 31.8 Å². The quantitative estimate of drug-likeness (QED) is 0.830. The van der Waals surface area contributed by atoms with Gasteiger partial charge in [-0.25, -0.2) is 4.98 Å². The number of imidazole rings is 1. The molecule has 0 unspecified atom stereocenters. The van der Waals surface area contributed by atoms with Gasteiger partial charge in [-0.2, -0.15) is 0 Å². The zero-order valence-corrected chi connectivity index (χ0v) is 9.48. The van der Waals surface area contributed by atoms with Crippen LogP contribution in [0.5, 0.6) is 0 Å². The molecule has 0 bridgehead atoms. The lowest BCUT2D eigenvalue weighted by molar-refractivity contribution is -0.136. The van der Waals surface area contributed by atoms with Crippen LogP contribution in [0.2, 0.25) is 0 Å². The first-order valence-corrected chi connectivity index (χ1v) is 5.95. The number of para-hydroxylation sites is 2. The van der Waals surface area contributed by atoms with Crippen molar-refractivity contribution in [3.8, 4) is 0 Å². The molecular formula is C11H8N2O3S. The second-order valence-corrected chi connectivity index (χ2v) is 4.93. The summed E-state index contributed by atoms with van der Waals surface area (Å²) in [5, 5.41) is 8.68. The molecule has 6 heteroatoms. The third-order valence-corrected chi connectivity index (χ3v) is 3.80. The maximum atomic E-state index is 11.9. The van der Waals surface area contributed by atoms with E-state index < -0.39 is 11.2 Å². The number of nitrogens with zero attached hydrogens (tertiary/aromatic N) is 2. The molecule has 17 heavy (non-hydrogen) atoms. The molecule has 0 saturated carbocycles. The molecule has 0 amide bonds. The minimum absolute atomic E-state index is 0.00730. The minimum Gasteiger partial charge on any atom is -0.480 e. The van der Waals surface area contributed by atoms with Crippen LogP contribution in [0.3, 0.4) is 0 Å². The Morgan fingerprint density at radius 3 is 3.00 bits per heavy atom. The van der Waals surface area contributed by atoms with Gasteiger partial charge in [-0.3, -0.25) is 14.2 Å². The van der Waals surface area contributed by atoms with Crippen LogP contribution >= 0.6 is 11.8 Å². The number of aliphatic carboxylic acids is 1. The molecule has 2 heterocycles. The number of hydrogen-bond donors (Lipinski definition) is 1. The third-order valence-electron chi connectivity index (χ3n) is 2.66. The molecule has 5 nitrogen and oxygen atoms in total. The largest absolute Gasteiger partial charge is 0.480 e. The van der Waals surface area contributed by atoms with E-state index in [1.165, 1.54) is 4.57 Å². The van der Waals surface area contributed by atoms with Gasteiger partial charge in [0, 0.05) is 0 Å². The maximum Gasteiger partial charge on any atom is 0.317 e. The second kappa shape index (κ2) is 3.59. The van der Waals surface area contributed by atoms with E-state index in [0.717, 1.165) is 22.8 Å². The fourth-order valence-corrected chi connectivity index (χ4v) is 2.92. The Bertz CT molecular complexity index is 635. The van der Waals surface area contributed by atoms with Gasteiger partial charge in [0.25, 0.3) is 0 Å². The Labute approximate surface area is 100 Å². The summed E-state index contributed by atoms with van der Waals surface area (Å²) in [6.07, 6.45) is 0.00730. The Balaban J connectivity index is 2.18. The SMILES string of the molecule is O=C(O)[C@H]1CC(=O)n2c(nc3ccccc32)S1. The van der Waals surface area contributed by atoms with Crippen LogP contribution in [0.1, 0.15) is 11.2 Å². The Kier molecular flexibility index (Phi) is 2.19. The van der Waals surface area contributed by atoms with Crippen molar-refractivity contribution in [1.82, 2.24) is 9.55 Å². The monoisotopic (exact) mass is 248 g/mol. The molecule has 1 aliphatic heterocycles. The van der Waals surface area contributed by atoms with Gasteiger partial charge in [-0.1, -0.05) is 23.9 Å². The first-order chi connectivity index (χ1) is 8.16. The van der Waals surface area contributed by atoms with Crippen molar-refractivity contribution < 1.29 is 14.7 Å². The zero-order valence-electron chi connectivity index (χ0n) is 8.66. The number of carbonyl (C=O) groups is 2. The van der Waals surface area contributed by atoms with E-state index in [1.807, 2.05) is 24.3 Å². The topological polar surface area (TPSA) is 72.2 Å². The molecule has 2 aromatic rings.